The van der Waals surface area contributed by atoms with Gasteiger partial charge in [0.15, 0.2) is 5.65 Å². The van der Waals surface area contributed by atoms with Gasteiger partial charge >= 0.3 is 5.97 Å². The summed E-state index contributed by atoms with van der Waals surface area (Å²) in [6.45, 7) is 1.99. The lowest BCUT2D eigenvalue weighted by Gasteiger charge is -2.47. The maximum absolute atomic E-state index is 13.3. The number of nitrogens with zero attached hydrogens (tertiary/aromatic N) is 3. The maximum atomic E-state index is 13.3. The molecule has 1 fully saturated rings. The number of rotatable bonds is 1. The first-order valence-electron chi connectivity index (χ1n) is 6.40. The van der Waals surface area contributed by atoms with Crippen LogP contribution in [0, 0.1) is 17.8 Å². The number of aromatic nitrogens is 3. The third kappa shape index (κ3) is 1.22. The lowest BCUT2D eigenvalue weighted by molar-refractivity contribution is -0.199. The lowest BCUT2D eigenvalue weighted by Crippen LogP contribution is -2.51. The molecule has 20 heavy (non-hydrogen) atoms. The molecule has 0 bridgehead atoms. The molecule has 2 aliphatic carbocycles. The van der Waals surface area contributed by atoms with Crippen molar-refractivity contribution >= 4 is 11.6 Å². The van der Waals surface area contributed by atoms with E-state index in [1.165, 1.54) is 10.6 Å². The third-order valence-electron chi connectivity index (χ3n) is 4.84. The van der Waals surface area contributed by atoms with Crippen LogP contribution in [0.25, 0.3) is 5.65 Å². The van der Waals surface area contributed by atoms with E-state index >= 15 is 0 Å². The average Bonchev–Trinajstić information content (AvgIpc) is 2.89. The van der Waals surface area contributed by atoms with Gasteiger partial charge < -0.3 is 0 Å². The number of hydrogen-bond acceptors (Lipinski definition) is 4. The first-order valence-corrected chi connectivity index (χ1v) is 6.40. The van der Waals surface area contributed by atoms with Crippen molar-refractivity contribution in [3.8, 4) is 0 Å². The fourth-order valence-electron chi connectivity index (χ4n) is 3.91. The molecule has 2 heterocycles. The highest BCUT2D eigenvalue weighted by Crippen LogP contribution is 2.59. The van der Waals surface area contributed by atoms with E-state index in [0.717, 1.165) is 11.3 Å². The summed E-state index contributed by atoms with van der Waals surface area (Å²) in [7, 11) is 0. The molecule has 4 rings (SSSR count). The highest BCUT2D eigenvalue weighted by Gasteiger charge is 2.60. The second-order valence-corrected chi connectivity index (χ2v) is 5.80. The van der Waals surface area contributed by atoms with Crippen molar-refractivity contribution in [3.63, 3.8) is 0 Å². The molecular formula is C13H11F2N3O2. The number of halogens is 2. The molecule has 2 aromatic rings. The Morgan fingerprint density at radius 1 is 1.60 bits per heavy atom. The smallest absolute Gasteiger partial charge is 0.255 e. The van der Waals surface area contributed by atoms with Gasteiger partial charge in [0.05, 0.1) is 11.6 Å². The van der Waals surface area contributed by atoms with E-state index in [4.69, 9.17) is 0 Å². The predicted molar refractivity (Wildman–Crippen MR) is 62.8 cm³/mol. The van der Waals surface area contributed by atoms with Crippen molar-refractivity contribution < 1.29 is 18.7 Å². The minimum absolute atomic E-state index is 0.0413. The zero-order valence-electron chi connectivity index (χ0n) is 10.6. The van der Waals surface area contributed by atoms with Crippen LogP contribution in [0.2, 0.25) is 0 Å². The van der Waals surface area contributed by atoms with Gasteiger partial charge in [-0.1, -0.05) is 6.92 Å². The summed E-state index contributed by atoms with van der Waals surface area (Å²) in [6, 6.07) is 1.27. The number of carbonyl (C=O) groups excluding carboxylic acids is 1. The van der Waals surface area contributed by atoms with Crippen molar-refractivity contribution in [2.45, 2.75) is 25.2 Å². The fourth-order valence-corrected chi connectivity index (χ4v) is 3.91. The molecule has 0 amide bonds. The molecule has 0 spiro atoms. The average molecular weight is 279 g/mol. The van der Waals surface area contributed by atoms with Crippen molar-refractivity contribution in [2.75, 3.05) is 0 Å². The zero-order valence-corrected chi connectivity index (χ0v) is 10.6. The molecular weight excluding hydrogens is 268 g/mol. The Morgan fingerprint density at radius 2 is 2.40 bits per heavy atom. The summed E-state index contributed by atoms with van der Waals surface area (Å²) >= 11 is 0. The topological polar surface area (TPSA) is 56.5 Å². The Morgan fingerprint density at radius 3 is 3.15 bits per heavy atom. The van der Waals surface area contributed by atoms with Crippen LogP contribution in [-0.4, -0.2) is 20.6 Å². The molecule has 0 aromatic carbocycles. The maximum Gasteiger partial charge on any atom is 0.352 e. The highest BCUT2D eigenvalue weighted by atomic mass is 19.3. The molecule has 1 saturated carbocycles. The second-order valence-electron chi connectivity index (χ2n) is 5.80. The van der Waals surface area contributed by atoms with E-state index in [2.05, 4.69) is 15.0 Å². The Kier molecular flexibility index (Phi) is 2.07. The van der Waals surface area contributed by atoms with Gasteiger partial charge in [-0.3, -0.25) is 4.94 Å². The standard InChI is InChI=1S/C13H11F2N3O2/c1-13-4-7(12(19)20-15)8(13)2-6-5-16-10-3-9(14)17-18(10)11(6)13/h3,5,7-8H,2,4H2,1H3. The lowest BCUT2D eigenvalue weighted by atomic mass is 9.56. The van der Waals surface area contributed by atoms with E-state index in [1.54, 1.807) is 6.20 Å². The molecule has 3 unspecified atom stereocenters. The minimum atomic E-state index is -0.823. The Bertz CT molecular complexity index is 745. The zero-order chi connectivity index (χ0) is 14.1. The molecule has 7 heteroatoms. The third-order valence-corrected chi connectivity index (χ3v) is 4.84. The first-order chi connectivity index (χ1) is 9.54. The summed E-state index contributed by atoms with van der Waals surface area (Å²) in [5, 5.41) is 3.84. The van der Waals surface area contributed by atoms with Crippen LogP contribution in [0.3, 0.4) is 0 Å². The van der Waals surface area contributed by atoms with E-state index in [1.807, 2.05) is 6.92 Å². The van der Waals surface area contributed by atoms with Crippen LogP contribution >= 0.6 is 0 Å². The number of fused-ring (bicyclic) bond motifs is 5. The molecule has 5 nitrogen and oxygen atoms in total. The fraction of sp³-hybridized carbons (Fsp3) is 0.462. The Labute approximate surface area is 112 Å². The van der Waals surface area contributed by atoms with E-state index in [0.29, 0.717) is 18.5 Å². The highest BCUT2D eigenvalue weighted by molar-refractivity contribution is 5.75. The Hall–Kier alpha value is -2.05. The van der Waals surface area contributed by atoms with Crippen LogP contribution in [-0.2, 0) is 21.6 Å². The SMILES string of the molecule is CC12CC(C(=O)OF)C1Cc1cnc3cc(F)nn3c12. The van der Waals surface area contributed by atoms with Gasteiger partial charge in [-0.05, 0) is 24.3 Å². The molecule has 104 valence electrons. The largest absolute Gasteiger partial charge is 0.352 e. The second kappa shape index (κ2) is 3.53. The Balaban J connectivity index is 1.85. The van der Waals surface area contributed by atoms with Gasteiger partial charge in [0.2, 0.25) is 5.95 Å². The van der Waals surface area contributed by atoms with Crippen LogP contribution in [0.15, 0.2) is 12.3 Å². The quantitative estimate of drug-likeness (QED) is 0.798. The van der Waals surface area contributed by atoms with Crippen molar-refractivity contribution in [2.24, 2.45) is 11.8 Å². The molecule has 0 N–H and O–H groups in total. The van der Waals surface area contributed by atoms with Gasteiger partial charge in [0.1, 0.15) is 0 Å². The van der Waals surface area contributed by atoms with E-state index in [9.17, 15) is 13.7 Å². The van der Waals surface area contributed by atoms with Crippen molar-refractivity contribution in [1.82, 2.24) is 14.6 Å². The van der Waals surface area contributed by atoms with E-state index < -0.39 is 17.8 Å². The monoisotopic (exact) mass is 279 g/mol. The van der Waals surface area contributed by atoms with Gasteiger partial charge in [-0.25, -0.2) is 14.3 Å². The van der Waals surface area contributed by atoms with Gasteiger partial charge in [-0.15, -0.1) is 5.10 Å². The van der Waals surface area contributed by atoms with Crippen molar-refractivity contribution in [3.05, 3.63) is 29.5 Å². The molecule has 0 radical (unpaired) electrons. The normalized spacial score (nSPS) is 30.8. The summed E-state index contributed by atoms with van der Waals surface area (Å²) in [5.41, 5.74) is 1.94. The molecule has 2 aliphatic rings. The van der Waals surface area contributed by atoms with Crippen LogP contribution < -0.4 is 0 Å². The minimum Gasteiger partial charge on any atom is -0.255 e. The van der Waals surface area contributed by atoms with Crippen LogP contribution in [0.4, 0.5) is 8.92 Å². The number of carbonyl (C=O) groups is 1. The van der Waals surface area contributed by atoms with Crippen LogP contribution in [0.1, 0.15) is 24.6 Å². The van der Waals surface area contributed by atoms with Gasteiger partial charge in [0, 0.05) is 22.2 Å². The first kappa shape index (κ1) is 11.7. The van der Waals surface area contributed by atoms with E-state index in [-0.39, 0.29) is 11.3 Å². The van der Waals surface area contributed by atoms with Crippen LogP contribution in [0.5, 0.6) is 0 Å². The summed E-state index contributed by atoms with van der Waals surface area (Å²) < 4.78 is 26.9. The van der Waals surface area contributed by atoms with Gasteiger partial charge in [0.25, 0.3) is 0 Å². The molecule has 0 aliphatic heterocycles. The summed E-state index contributed by atoms with van der Waals surface area (Å²) in [5.74, 6) is -1.90. The number of hydrogen-bond donors (Lipinski definition) is 0. The summed E-state index contributed by atoms with van der Waals surface area (Å²) in [4.78, 5) is 18.9. The molecule has 0 saturated heterocycles. The molecule has 2 aromatic heterocycles. The summed E-state index contributed by atoms with van der Waals surface area (Å²) in [6.07, 6.45) is 2.78. The van der Waals surface area contributed by atoms with Crippen molar-refractivity contribution in [1.29, 1.82) is 0 Å². The van der Waals surface area contributed by atoms with Gasteiger partial charge in [-0.2, -0.15) is 4.39 Å². The predicted octanol–water partition coefficient (Wildman–Crippen LogP) is 1.75. The molecule has 3 atom stereocenters.